The van der Waals surface area contributed by atoms with Crippen LogP contribution in [0.5, 0.6) is 5.75 Å². The van der Waals surface area contributed by atoms with Crippen molar-refractivity contribution >= 4 is 0 Å². The van der Waals surface area contributed by atoms with Crippen molar-refractivity contribution in [3.8, 4) is 5.75 Å². The molecule has 0 saturated carbocycles. The summed E-state index contributed by atoms with van der Waals surface area (Å²) >= 11 is 0. The van der Waals surface area contributed by atoms with Gasteiger partial charge in [-0.05, 0) is 31.0 Å². The molecule has 0 spiro atoms. The Morgan fingerprint density at radius 1 is 1.25 bits per heavy atom. The first-order valence-corrected chi connectivity index (χ1v) is 6.39. The molecule has 0 amide bonds. The zero-order chi connectivity index (χ0) is 10.5. The second kappa shape index (κ2) is 3.24. The SMILES string of the molecule is c1ccc2c(c1)OCC1C2CN2CCCC12. The fraction of sp³-hybridized carbons (Fsp3) is 0.571. The minimum Gasteiger partial charge on any atom is -0.493 e. The van der Waals surface area contributed by atoms with Crippen molar-refractivity contribution in [2.45, 2.75) is 24.8 Å². The number of nitrogens with zero attached hydrogens (tertiary/aromatic N) is 1. The number of hydrogen-bond donors (Lipinski definition) is 0. The number of para-hydroxylation sites is 1. The van der Waals surface area contributed by atoms with Gasteiger partial charge >= 0.3 is 0 Å². The zero-order valence-electron chi connectivity index (χ0n) is 9.43. The molecule has 0 radical (unpaired) electrons. The van der Waals surface area contributed by atoms with Crippen LogP contribution in [0.2, 0.25) is 0 Å². The van der Waals surface area contributed by atoms with E-state index in [1.807, 2.05) is 0 Å². The third-order valence-corrected chi connectivity index (χ3v) is 4.61. The fourth-order valence-corrected chi connectivity index (χ4v) is 3.88. The molecule has 1 aromatic carbocycles. The zero-order valence-corrected chi connectivity index (χ0v) is 9.43. The van der Waals surface area contributed by atoms with E-state index < -0.39 is 0 Å². The highest BCUT2D eigenvalue weighted by Gasteiger charge is 2.47. The van der Waals surface area contributed by atoms with Gasteiger partial charge < -0.3 is 4.74 Å². The Morgan fingerprint density at radius 3 is 3.19 bits per heavy atom. The van der Waals surface area contributed by atoms with E-state index in [1.165, 1.54) is 31.5 Å². The summed E-state index contributed by atoms with van der Waals surface area (Å²) in [6, 6.07) is 9.41. The van der Waals surface area contributed by atoms with Gasteiger partial charge in [-0.2, -0.15) is 0 Å². The summed E-state index contributed by atoms with van der Waals surface area (Å²) in [5, 5.41) is 0. The van der Waals surface area contributed by atoms with Gasteiger partial charge in [0.2, 0.25) is 0 Å². The molecule has 3 atom stereocenters. The Morgan fingerprint density at radius 2 is 2.19 bits per heavy atom. The molecule has 84 valence electrons. The molecule has 3 heterocycles. The normalized spacial score (nSPS) is 36.4. The Kier molecular flexibility index (Phi) is 1.83. The summed E-state index contributed by atoms with van der Waals surface area (Å²) in [5.41, 5.74) is 1.45. The van der Waals surface area contributed by atoms with Gasteiger partial charge in [-0.1, -0.05) is 18.2 Å². The third-order valence-electron chi connectivity index (χ3n) is 4.61. The highest BCUT2D eigenvalue weighted by molar-refractivity contribution is 5.40. The van der Waals surface area contributed by atoms with Gasteiger partial charge in [-0.3, -0.25) is 4.90 Å². The summed E-state index contributed by atoms with van der Waals surface area (Å²) in [7, 11) is 0. The first kappa shape index (κ1) is 9.06. The molecule has 2 heteroatoms. The Hall–Kier alpha value is -1.02. The van der Waals surface area contributed by atoms with E-state index in [0.29, 0.717) is 0 Å². The van der Waals surface area contributed by atoms with Crippen molar-refractivity contribution in [1.82, 2.24) is 4.90 Å². The first-order chi connectivity index (χ1) is 7.93. The molecule has 0 aliphatic carbocycles. The van der Waals surface area contributed by atoms with Crippen LogP contribution in [0, 0.1) is 5.92 Å². The molecular weight excluding hydrogens is 198 g/mol. The lowest BCUT2D eigenvalue weighted by molar-refractivity contribution is 0.183. The van der Waals surface area contributed by atoms with Crippen LogP contribution in [-0.4, -0.2) is 30.6 Å². The molecule has 2 nitrogen and oxygen atoms in total. The minimum absolute atomic E-state index is 0.732. The van der Waals surface area contributed by atoms with Gasteiger partial charge in [0.15, 0.2) is 0 Å². The molecule has 0 N–H and O–H groups in total. The lowest BCUT2D eigenvalue weighted by Crippen LogP contribution is -2.31. The number of hydrogen-bond acceptors (Lipinski definition) is 2. The maximum Gasteiger partial charge on any atom is 0.122 e. The maximum atomic E-state index is 5.92. The second-order valence-corrected chi connectivity index (χ2v) is 5.32. The van der Waals surface area contributed by atoms with Crippen molar-refractivity contribution in [1.29, 1.82) is 0 Å². The molecular formula is C14H17NO. The lowest BCUT2D eigenvalue weighted by atomic mass is 9.82. The minimum atomic E-state index is 0.732. The summed E-state index contributed by atoms with van der Waals surface area (Å²) in [4.78, 5) is 2.68. The van der Waals surface area contributed by atoms with Gasteiger partial charge in [-0.15, -0.1) is 0 Å². The third kappa shape index (κ3) is 1.11. The maximum absolute atomic E-state index is 5.92. The molecule has 3 unspecified atom stereocenters. The summed E-state index contributed by atoms with van der Waals surface area (Å²) in [5.74, 6) is 2.61. The van der Waals surface area contributed by atoms with E-state index in [0.717, 1.165) is 30.2 Å². The Bertz CT molecular complexity index is 417. The fourth-order valence-electron chi connectivity index (χ4n) is 3.88. The molecule has 2 fully saturated rings. The van der Waals surface area contributed by atoms with Crippen LogP contribution in [0.4, 0.5) is 0 Å². The van der Waals surface area contributed by atoms with Crippen molar-refractivity contribution in [2.24, 2.45) is 5.92 Å². The van der Waals surface area contributed by atoms with E-state index in [-0.39, 0.29) is 0 Å². The van der Waals surface area contributed by atoms with Gasteiger partial charge in [0.05, 0.1) is 6.61 Å². The first-order valence-electron chi connectivity index (χ1n) is 6.39. The van der Waals surface area contributed by atoms with Gasteiger partial charge in [0.25, 0.3) is 0 Å². The summed E-state index contributed by atoms with van der Waals surface area (Å²) in [6.07, 6.45) is 2.77. The topological polar surface area (TPSA) is 12.5 Å². The highest BCUT2D eigenvalue weighted by Crippen LogP contribution is 2.47. The van der Waals surface area contributed by atoms with Crippen molar-refractivity contribution in [2.75, 3.05) is 19.7 Å². The number of benzene rings is 1. The second-order valence-electron chi connectivity index (χ2n) is 5.32. The average Bonchev–Trinajstić information content (AvgIpc) is 2.88. The summed E-state index contributed by atoms with van der Waals surface area (Å²) < 4.78 is 5.92. The van der Waals surface area contributed by atoms with Crippen LogP contribution in [-0.2, 0) is 0 Å². The molecule has 0 aromatic heterocycles. The standard InChI is InChI=1S/C14H17NO/c1-2-6-14-10(4-1)11-8-15-7-3-5-13(15)12(11)9-16-14/h1-2,4,6,11-13H,3,5,7-9H2. The van der Waals surface area contributed by atoms with E-state index >= 15 is 0 Å². The van der Waals surface area contributed by atoms with E-state index in [4.69, 9.17) is 4.74 Å². The highest BCUT2D eigenvalue weighted by atomic mass is 16.5. The molecule has 2 saturated heterocycles. The smallest absolute Gasteiger partial charge is 0.122 e. The van der Waals surface area contributed by atoms with Crippen LogP contribution in [0.3, 0.4) is 0 Å². The Balaban J connectivity index is 1.75. The number of fused-ring (bicyclic) bond motifs is 5. The predicted octanol–water partition coefficient (Wildman–Crippen LogP) is 2.26. The van der Waals surface area contributed by atoms with Crippen LogP contribution in [0.25, 0.3) is 0 Å². The van der Waals surface area contributed by atoms with Crippen molar-refractivity contribution in [3.63, 3.8) is 0 Å². The summed E-state index contributed by atoms with van der Waals surface area (Å²) in [6.45, 7) is 3.50. The predicted molar refractivity (Wildman–Crippen MR) is 62.8 cm³/mol. The van der Waals surface area contributed by atoms with E-state index in [9.17, 15) is 0 Å². The van der Waals surface area contributed by atoms with E-state index in [2.05, 4.69) is 29.2 Å². The van der Waals surface area contributed by atoms with Crippen LogP contribution < -0.4 is 4.74 Å². The quantitative estimate of drug-likeness (QED) is 0.658. The van der Waals surface area contributed by atoms with Crippen LogP contribution in [0.15, 0.2) is 24.3 Å². The van der Waals surface area contributed by atoms with Crippen molar-refractivity contribution in [3.05, 3.63) is 29.8 Å². The molecule has 3 aliphatic heterocycles. The molecule has 3 aliphatic rings. The monoisotopic (exact) mass is 215 g/mol. The molecule has 4 rings (SSSR count). The van der Waals surface area contributed by atoms with Crippen LogP contribution >= 0.6 is 0 Å². The molecule has 16 heavy (non-hydrogen) atoms. The molecule has 1 aromatic rings. The van der Waals surface area contributed by atoms with Crippen molar-refractivity contribution < 1.29 is 4.74 Å². The number of ether oxygens (including phenoxy) is 1. The van der Waals surface area contributed by atoms with Crippen LogP contribution in [0.1, 0.15) is 24.3 Å². The number of rotatable bonds is 0. The Labute approximate surface area is 96.2 Å². The van der Waals surface area contributed by atoms with Gasteiger partial charge in [0, 0.05) is 24.4 Å². The largest absolute Gasteiger partial charge is 0.493 e. The van der Waals surface area contributed by atoms with Gasteiger partial charge in [0.1, 0.15) is 5.75 Å². The van der Waals surface area contributed by atoms with E-state index in [1.54, 1.807) is 0 Å². The van der Waals surface area contributed by atoms with Gasteiger partial charge in [-0.25, -0.2) is 0 Å². The lowest BCUT2D eigenvalue weighted by Gasteiger charge is -2.30. The molecule has 0 bridgehead atoms. The average molecular weight is 215 g/mol.